The smallest absolute Gasteiger partial charge is 0.325 e. The normalized spacial score (nSPS) is 22.8. The van der Waals surface area contributed by atoms with E-state index < -0.39 is 0 Å². The van der Waals surface area contributed by atoms with Gasteiger partial charge in [0.1, 0.15) is 11.5 Å². The summed E-state index contributed by atoms with van der Waals surface area (Å²) in [6.07, 6.45) is 1.02. The molecule has 0 aliphatic carbocycles. The minimum atomic E-state index is -0.250. The standard InChI is InChI=1S/C16H24N2O3/c1-3-20-14-4-6-15(7-5-14)21-16(19)11-18-9-12(2)8-13(17)10-18/h4-7,12-13H,3,8-11,17H2,1-2H3. The van der Waals surface area contributed by atoms with E-state index in [1.54, 1.807) is 24.3 Å². The molecule has 116 valence electrons. The Balaban J connectivity index is 1.83. The highest BCUT2D eigenvalue weighted by molar-refractivity contribution is 5.74. The van der Waals surface area contributed by atoms with Gasteiger partial charge < -0.3 is 15.2 Å². The van der Waals surface area contributed by atoms with Crippen molar-refractivity contribution in [3.05, 3.63) is 24.3 Å². The second-order valence-electron chi connectivity index (χ2n) is 5.67. The fraction of sp³-hybridized carbons (Fsp3) is 0.562. The molecule has 0 aromatic heterocycles. The average molecular weight is 292 g/mol. The Labute approximate surface area is 126 Å². The van der Waals surface area contributed by atoms with Gasteiger partial charge in [-0.2, -0.15) is 0 Å². The molecular formula is C16H24N2O3. The quantitative estimate of drug-likeness (QED) is 0.660. The first-order chi connectivity index (χ1) is 10.1. The molecular weight excluding hydrogens is 268 g/mol. The van der Waals surface area contributed by atoms with Crippen LogP contribution in [0.5, 0.6) is 11.5 Å². The van der Waals surface area contributed by atoms with E-state index in [0.717, 1.165) is 25.3 Å². The molecule has 1 fully saturated rings. The third kappa shape index (κ3) is 5.02. The van der Waals surface area contributed by atoms with Crippen molar-refractivity contribution in [1.82, 2.24) is 4.90 Å². The number of rotatable bonds is 5. The molecule has 5 heteroatoms. The largest absolute Gasteiger partial charge is 0.494 e. The first-order valence-electron chi connectivity index (χ1n) is 7.48. The van der Waals surface area contributed by atoms with Crippen LogP contribution in [0.15, 0.2) is 24.3 Å². The number of piperidine rings is 1. The maximum absolute atomic E-state index is 12.0. The summed E-state index contributed by atoms with van der Waals surface area (Å²) >= 11 is 0. The molecule has 0 spiro atoms. The summed E-state index contributed by atoms with van der Waals surface area (Å²) < 4.78 is 10.7. The summed E-state index contributed by atoms with van der Waals surface area (Å²) in [5.41, 5.74) is 5.98. The van der Waals surface area contributed by atoms with Crippen molar-refractivity contribution in [1.29, 1.82) is 0 Å². The first kappa shape index (κ1) is 15.8. The molecule has 2 atom stereocenters. The Hall–Kier alpha value is -1.59. The molecule has 1 aliphatic rings. The van der Waals surface area contributed by atoms with E-state index in [1.165, 1.54) is 0 Å². The van der Waals surface area contributed by atoms with Gasteiger partial charge in [-0.15, -0.1) is 0 Å². The summed E-state index contributed by atoms with van der Waals surface area (Å²) in [4.78, 5) is 14.0. The average Bonchev–Trinajstić information content (AvgIpc) is 2.40. The molecule has 2 unspecified atom stereocenters. The Morgan fingerprint density at radius 3 is 2.57 bits per heavy atom. The fourth-order valence-corrected chi connectivity index (χ4v) is 2.76. The second-order valence-corrected chi connectivity index (χ2v) is 5.67. The van der Waals surface area contributed by atoms with Crippen LogP contribution in [0.2, 0.25) is 0 Å². The van der Waals surface area contributed by atoms with E-state index in [1.807, 2.05) is 6.92 Å². The van der Waals surface area contributed by atoms with E-state index in [-0.39, 0.29) is 18.6 Å². The molecule has 2 N–H and O–H groups in total. The highest BCUT2D eigenvalue weighted by Crippen LogP contribution is 2.18. The Bertz CT molecular complexity index is 451. The van der Waals surface area contributed by atoms with E-state index >= 15 is 0 Å². The van der Waals surface area contributed by atoms with Gasteiger partial charge in [0.2, 0.25) is 0 Å². The van der Waals surface area contributed by atoms with Crippen molar-refractivity contribution >= 4 is 5.97 Å². The van der Waals surface area contributed by atoms with Gasteiger partial charge in [0, 0.05) is 19.1 Å². The second kappa shape index (κ2) is 7.43. The predicted octanol–water partition coefficient (Wildman–Crippen LogP) is 1.66. The van der Waals surface area contributed by atoms with E-state index in [4.69, 9.17) is 15.2 Å². The van der Waals surface area contributed by atoms with Gasteiger partial charge in [-0.1, -0.05) is 6.92 Å². The Morgan fingerprint density at radius 1 is 1.29 bits per heavy atom. The van der Waals surface area contributed by atoms with Crippen LogP contribution in [0.3, 0.4) is 0 Å². The summed E-state index contributed by atoms with van der Waals surface area (Å²) in [6, 6.07) is 7.23. The number of likely N-dealkylation sites (tertiary alicyclic amines) is 1. The molecule has 21 heavy (non-hydrogen) atoms. The highest BCUT2D eigenvalue weighted by Gasteiger charge is 2.24. The Kier molecular flexibility index (Phi) is 5.59. The highest BCUT2D eigenvalue weighted by atomic mass is 16.5. The van der Waals surface area contributed by atoms with Gasteiger partial charge in [-0.25, -0.2) is 0 Å². The molecule has 2 rings (SSSR count). The number of hydrogen-bond donors (Lipinski definition) is 1. The van der Waals surface area contributed by atoms with Crippen LogP contribution in [-0.4, -0.2) is 43.2 Å². The van der Waals surface area contributed by atoms with Crippen LogP contribution >= 0.6 is 0 Å². The Morgan fingerprint density at radius 2 is 1.95 bits per heavy atom. The zero-order valence-electron chi connectivity index (χ0n) is 12.7. The minimum absolute atomic E-state index is 0.145. The fourth-order valence-electron chi connectivity index (χ4n) is 2.76. The van der Waals surface area contributed by atoms with E-state index in [2.05, 4.69) is 11.8 Å². The number of nitrogens with zero attached hydrogens (tertiary/aromatic N) is 1. The molecule has 1 aromatic rings. The van der Waals surface area contributed by atoms with E-state index in [0.29, 0.717) is 18.3 Å². The van der Waals surface area contributed by atoms with Crippen LogP contribution in [0, 0.1) is 5.92 Å². The van der Waals surface area contributed by atoms with Crippen LogP contribution in [0.4, 0.5) is 0 Å². The number of carbonyl (C=O) groups excluding carboxylic acids is 1. The zero-order chi connectivity index (χ0) is 15.2. The maximum Gasteiger partial charge on any atom is 0.325 e. The van der Waals surface area contributed by atoms with Crippen LogP contribution in [0.25, 0.3) is 0 Å². The molecule has 5 nitrogen and oxygen atoms in total. The van der Waals surface area contributed by atoms with Gasteiger partial charge in [-0.05, 0) is 43.5 Å². The molecule has 1 saturated heterocycles. The summed E-state index contributed by atoms with van der Waals surface area (Å²) in [6.45, 7) is 6.63. The number of carbonyl (C=O) groups is 1. The lowest BCUT2D eigenvalue weighted by molar-refractivity contribution is -0.136. The van der Waals surface area contributed by atoms with Gasteiger partial charge >= 0.3 is 5.97 Å². The summed E-state index contributed by atoms with van der Waals surface area (Å²) in [5.74, 6) is 1.58. The van der Waals surface area contributed by atoms with Gasteiger partial charge in [-0.3, -0.25) is 9.69 Å². The van der Waals surface area contributed by atoms with Crippen molar-refractivity contribution in [2.75, 3.05) is 26.2 Å². The number of nitrogens with two attached hydrogens (primary N) is 1. The lowest BCUT2D eigenvalue weighted by Crippen LogP contribution is -2.48. The van der Waals surface area contributed by atoms with Gasteiger partial charge in [0.15, 0.2) is 0 Å². The third-order valence-corrected chi connectivity index (χ3v) is 3.49. The van der Waals surface area contributed by atoms with Gasteiger partial charge in [0.25, 0.3) is 0 Å². The molecule has 1 heterocycles. The van der Waals surface area contributed by atoms with Crippen LogP contribution in [-0.2, 0) is 4.79 Å². The van der Waals surface area contributed by atoms with Crippen molar-refractivity contribution in [2.24, 2.45) is 11.7 Å². The molecule has 0 saturated carbocycles. The van der Waals surface area contributed by atoms with Crippen LogP contribution < -0.4 is 15.2 Å². The van der Waals surface area contributed by atoms with Crippen molar-refractivity contribution < 1.29 is 14.3 Å². The summed E-state index contributed by atoms with van der Waals surface area (Å²) in [7, 11) is 0. The van der Waals surface area contributed by atoms with Crippen molar-refractivity contribution in [3.63, 3.8) is 0 Å². The lowest BCUT2D eigenvalue weighted by atomic mass is 9.97. The molecule has 0 amide bonds. The molecule has 0 radical (unpaired) electrons. The zero-order valence-corrected chi connectivity index (χ0v) is 12.7. The molecule has 1 aromatic carbocycles. The first-order valence-corrected chi connectivity index (χ1v) is 7.48. The lowest BCUT2D eigenvalue weighted by Gasteiger charge is -2.33. The van der Waals surface area contributed by atoms with Crippen molar-refractivity contribution in [2.45, 2.75) is 26.3 Å². The van der Waals surface area contributed by atoms with Gasteiger partial charge in [0.05, 0.1) is 13.2 Å². The predicted molar refractivity (Wildman–Crippen MR) is 81.4 cm³/mol. The number of esters is 1. The van der Waals surface area contributed by atoms with E-state index in [9.17, 15) is 4.79 Å². The third-order valence-electron chi connectivity index (χ3n) is 3.49. The number of hydrogen-bond acceptors (Lipinski definition) is 5. The molecule has 0 bridgehead atoms. The molecule has 1 aliphatic heterocycles. The van der Waals surface area contributed by atoms with Crippen LogP contribution in [0.1, 0.15) is 20.3 Å². The SMILES string of the molecule is CCOc1ccc(OC(=O)CN2CC(C)CC(N)C2)cc1. The monoisotopic (exact) mass is 292 g/mol. The number of benzene rings is 1. The summed E-state index contributed by atoms with van der Waals surface area (Å²) in [5, 5.41) is 0. The minimum Gasteiger partial charge on any atom is -0.494 e. The van der Waals surface area contributed by atoms with Crippen molar-refractivity contribution in [3.8, 4) is 11.5 Å². The topological polar surface area (TPSA) is 64.8 Å². The maximum atomic E-state index is 12.0. The number of ether oxygens (including phenoxy) is 2.